The molecule has 0 aliphatic carbocycles. The zero-order valence-corrected chi connectivity index (χ0v) is 18.9. The van der Waals surface area contributed by atoms with E-state index in [9.17, 15) is 9.18 Å². The molecular formula is C23H24FN7O3. The van der Waals surface area contributed by atoms with Gasteiger partial charge in [0.15, 0.2) is 12.4 Å². The fraction of sp³-hybridized carbons (Fsp3) is 0.261. The maximum absolute atomic E-state index is 14.3. The van der Waals surface area contributed by atoms with Crippen molar-refractivity contribution in [2.24, 2.45) is 5.16 Å². The predicted octanol–water partition coefficient (Wildman–Crippen LogP) is 1.89. The molecule has 0 radical (unpaired) electrons. The first kappa shape index (κ1) is 22.9. The van der Waals surface area contributed by atoms with E-state index in [1.54, 1.807) is 31.2 Å². The summed E-state index contributed by atoms with van der Waals surface area (Å²) in [5.41, 5.74) is 9.72. The molecule has 2 aromatic heterocycles. The molecule has 0 saturated carbocycles. The number of nitrogens with zero attached hydrogens (tertiary/aromatic N) is 4. The van der Waals surface area contributed by atoms with E-state index >= 15 is 0 Å². The summed E-state index contributed by atoms with van der Waals surface area (Å²) < 4.78 is 19.5. The number of halogens is 1. The Balaban J connectivity index is 1.78. The van der Waals surface area contributed by atoms with E-state index in [0.29, 0.717) is 46.3 Å². The van der Waals surface area contributed by atoms with Crippen LogP contribution in [0.4, 0.5) is 10.3 Å². The highest BCUT2D eigenvalue weighted by Gasteiger charge is 2.30. The average Bonchev–Trinajstić information content (AvgIpc) is 2.83. The number of likely N-dealkylation sites (N-methyl/N-ethyl adjacent to an activating group) is 1. The van der Waals surface area contributed by atoms with Crippen LogP contribution in [0.1, 0.15) is 28.6 Å². The normalized spacial score (nSPS) is 15.9. The van der Waals surface area contributed by atoms with E-state index in [0.717, 1.165) is 5.56 Å². The Kier molecular flexibility index (Phi) is 6.53. The smallest absolute Gasteiger partial charge is 0.260 e. The third-order valence-corrected chi connectivity index (χ3v) is 5.36. The number of methoxy groups -OCH3 is 1. The van der Waals surface area contributed by atoms with Gasteiger partial charge in [0.05, 0.1) is 35.8 Å². The monoisotopic (exact) mass is 465 g/mol. The number of benzene rings is 1. The molecule has 1 unspecified atom stereocenters. The molecule has 1 atom stereocenters. The van der Waals surface area contributed by atoms with Gasteiger partial charge in [-0.3, -0.25) is 4.79 Å². The molecule has 0 spiro atoms. The summed E-state index contributed by atoms with van der Waals surface area (Å²) >= 11 is 0. The number of carbonyl (C=O) groups excluding carboxylic acids is 1. The fourth-order valence-electron chi connectivity index (χ4n) is 3.81. The van der Waals surface area contributed by atoms with Crippen molar-refractivity contribution < 1.29 is 18.8 Å². The van der Waals surface area contributed by atoms with Crippen LogP contribution in [0.25, 0.3) is 11.3 Å². The standard InChI is InChI=1S/C23H24FN7O3/c1-12-21-18(30-23(25)27-12)10-17(29-22(21)31-34-11-19(32)26-2)14-8-7-13(24)9-15(14)16-5-4-6-20(28-16)33-3/h4-9,17H,10-11H2,1-3H3,(H,26,32)(H,29,31)(H2,25,27,30). The lowest BCUT2D eigenvalue weighted by atomic mass is 9.90. The molecule has 34 heavy (non-hydrogen) atoms. The second-order valence-electron chi connectivity index (χ2n) is 7.57. The van der Waals surface area contributed by atoms with Gasteiger partial charge in [-0.15, -0.1) is 0 Å². The van der Waals surface area contributed by atoms with Gasteiger partial charge in [0.1, 0.15) is 5.82 Å². The summed E-state index contributed by atoms with van der Waals surface area (Å²) in [6.45, 7) is 1.53. The highest BCUT2D eigenvalue weighted by Crippen LogP contribution is 2.34. The van der Waals surface area contributed by atoms with Gasteiger partial charge < -0.3 is 25.9 Å². The van der Waals surface area contributed by atoms with Crippen molar-refractivity contribution in [1.29, 1.82) is 0 Å². The van der Waals surface area contributed by atoms with Crippen molar-refractivity contribution in [3.05, 3.63) is 64.7 Å². The van der Waals surface area contributed by atoms with Crippen molar-refractivity contribution in [3.63, 3.8) is 0 Å². The van der Waals surface area contributed by atoms with Crippen molar-refractivity contribution in [3.8, 4) is 17.1 Å². The Morgan fingerprint density at radius 3 is 2.88 bits per heavy atom. The number of nitrogen functional groups attached to an aromatic ring is 1. The number of amides is 1. The van der Waals surface area contributed by atoms with Crippen LogP contribution in [0, 0.1) is 12.7 Å². The fourth-order valence-corrected chi connectivity index (χ4v) is 3.81. The number of rotatable bonds is 6. The Morgan fingerprint density at radius 1 is 1.29 bits per heavy atom. The molecule has 1 aliphatic rings. The number of amidine groups is 1. The molecule has 1 amide bonds. The first-order chi connectivity index (χ1) is 16.4. The van der Waals surface area contributed by atoms with Gasteiger partial charge in [0.2, 0.25) is 11.8 Å². The number of pyridine rings is 1. The maximum atomic E-state index is 14.3. The maximum Gasteiger partial charge on any atom is 0.260 e. The Morgan fingerprint density at radius 2 is 2.12 bits per heavy atom. The molecule has 0 bridgehead atoms. The molecule has 10 nitrogen and oxygen atoms in total. The number of hydrogen-bond acceptors (Lipinski definition) is 8. The molecule has 11 heteroatoms. The van der Waals surface area contributed by atoms with E-state index in [1.165, 1.54) is 26.3 Å². The van der Waals surface area contributed by atoms with E-state index in [-0.39, 0.29) is 24.5 Å². The largest absolute Gasteiger partial charge is 0.481 e. The highest BCUT2D eigenvalue weighted by atomic mass is 19.1. The number of fused-ring (bicyclic) bond motifs is 1. The number of aryl methyl sites for hydroxylation is 1. The first-order valence-electron chi connectivity index (χ1n) is 10.5. The Bertz CT molecular complexity index is 1270. The molecule has 1 aliphatic heterocycles. The van der Waals surface area contributed by atoms with E-state index in [2.05, 4.69) is 30.7 Å². The van der Waals surface area contributed by atoms with Gasteiger partial charge in [-0.2, -0.15) is 0 Å². The molecule has 4 N–H and O–H groups in total. The van der Waals surface area contributed by atoms with Gasteiger partial charge in [0, 0.05) is 25.1 Å². The minimum atomic E-state index is -0.398. The topological polar surface area (TPSA) is 137 Å². The zero-order valence-electron chi connectivity index (χ0n) is 18.9. The van der Waals surface area contributed by atoms with Crippen LogP contribution in [0.3, 0.4) is 0 Å². The van der Waals surface area contributed by atoms with Crippen LogP contribution < -0.4 is 21.1 Å². The first-order valence-corrected chi connectivity index (χ1v) is 10.5. The molecule has 1 aromatic carbocycles. The summed E-state index contributed by atoms with van der Waals surface area (Å²) in [7, 11) is 3.03. The van der Waals surface area contributed by atoms with Gasteiger partial charge in [-0.25, -0.2) is 19.3 Å². The minimum Gasteiger partial charge on any atom is -0.481 e. The van der Waals surface area contributed by atoms with Gasteiger partial charge in [-0.1, -0.05) is 17.3 Å². The molecular weight excluding hydrogens is 441 g/mol. The number of nitrogens with one attached hydrogen (secondary N) is 2. The third-order valence-electron chi connectivity index (χ3n) is 5.36. The SMILES string of the molecule is CNC(=O)CO/N=C1\NC(c2ccc(F)cc2-c2cccc(OC)n2)Cc2nc(N)nc(C)c21. The van der Waals surface area contributed by atoms with E-state index in [4.69, 9.17) is 15.3 Å². The van der Waals surface area contributed by atoms with Gasteiger partial charge >= 0.3 is 0 Å². The molecule has 0 saturated heterocycles. The summed E-state index contributed by atoms with van der Waals surface area (Å²) in [4.78, 5) is 29.9. The van der Waals surface area contributed by atoms with Gasteiger partial charge in [0.25, 0.3) is 5.91 Å². The average molecular weight is 465 g/mol. The van der Waals surface area contributed by atoms with E-state index < -0.39 is 5.82 Å². The van der Waals surface area contributed by atoms with Crippen LogP contribution in [-0.4, -0.2) is 47.5 Å². The molecule has 176 valence electrons. The number of ether oxygens (including phenoxy) is 1. The second kappa shape index (κ2) is 9.69. The lowest BCUT2D eigenvalue weighted by Crippen LogP contribution is -2.38. The Hall–Kier alpha value is -4.28. The number of anilines is 1. The molecule has 3 heterocycles. The summed E-state index contributed by atoms with van der Waals surface area (Å²) in [5, 5.41) is 9.94. The Labute approximate surface area is 195 Å². The van der Waals surface area contributed by atoms with Crippen LogP contribution in [0.5, 0.6) is 5.88 Å². The summed E-state index contributed by atoms with van der Waals surface area (Å²) in [6.07, 6.45) is 0.431. The quantitative estimate of drug-likeness (QED) is 0.470. The predicted molar refractivity (Wildman–Crippen MR) is 124 cm³/mol. The number of carbonyl (C=O) groups is 1. The molecule has 0 fully saturated rings. The highest BCUT2D eigenvalue weighted by molar-refractivity contribution is 6.01. The van der Waals surface area contributed by atoms with E-state index in [1.807, 2.05) is 0 Å². The number of hydrogen-bond donors (Lipinski definition) is 3. The van der Waals surface area contributed by atoms with Crippen LogP contribution >= 0.6 is 0 Å². The summed E-state index contributed by atoms with van der Waals surface area (Å²) in [6, 6.07) is 9.41. The summed E-state index contributed by atoms with van der Waals surface area (Å²) in [5.74, 6) is 0.172. The molecule has 4 rings (SSSR count). The van der Waals surface area contributed by atoms with Crippen LogP contribution in [0.2, 0.25) is 0 Å². The third kappa shape index (κ3) is 4.72. The van der Waals surface area contributed by atoms with Crippen molar-refractivity contribution >= 4 is 17.7 Å². The lowest BCUT2D eigenvalue weighted by molar-refractivity contribution is -0.125. The van der Waals surface area contributed by atoms with Crippen LogP contribution in [-0.2, 0) is 16.1 Å². The number of oxime groups is 1. The van der Waals surface area contributed by atoms with Gasteiger partial charge in [-0.05, 0) is 30.7 Å². The second-order valence-corrected chi connectivity index (χ2v) is 7.57. The number of nitrogens with two attached hydrogens (primary N) is 1. The lowest BCUT2D eigenvalue weighted by Gasteiger charge is -2.29. The zero-order chi connectivity index (χ0) is 24.2. The van der Waals surface area contributed by atoms with Crippen molar-refractivity contribution in [2.75, 3.05) is 26.5 Å². The van der Waals surface area contributed by atoms with Crippen molar-refractivity contribution in [2.45, 2.75) is 19.4 Å². The number of aromatic nitrogens is 3. The molecule has 3 aromatic rings. The minimum absolute atomic E-state index is 0.135. The van der Waals surface area contributed by atoms with Crippen LogP contribution in [0.15, 0.2) is 41.6 Å². The van der Waals surface area contributed by atoms with Crippen molar-refractivity contribution in [1.82, 2.24) is 25.6 Å².